The van der Waals surface area contributed by atoms with Crippen molar-refractivity contribution in [2.24, 2.45) is 11.7 Å². The van der Waals surface area contributed by atoms with Gasteiger partial charge in [0.25, 0.3) is 0 Å². The average Bonchev–Trinajstić information content (AvgIpc) is 2.64. The smallest absolute Gasteiger partial charge is 0.220 e. The highest BCUT2D eigenvalue weighted by molar-refractivity contribution is 5.76. The van der Waals surface area contributed by atoms with Crippen LogP contribution in [0.2, 0.25) is 0 Å². The zero-order valence-electron chi connectivity index (χ0n) is 14.8. The van der Waals surface area contributed by atoms with Crippen molar-refractivity contribution in [2.75, 3.05) is 20.8 Å². The summed E-state index contributed by atoms with van der Waals surface area (Å²) < 4.78 is 10.5. The van der Waals surface area contributed by atoms with Gasteiger partial charge in [-0.1, -0.05) is 19.3 Å². The van der Waals surface area contributed by atoms with Crippen LogP contribution >= 0.6 is 0 Å². The minimum absolute atomic E-state index is 0.0674. The van der Waals surface area contributed by atoms with Crippen molar-refractivity contribution in [3.05, 3.63) is 23.8 Å². The number of carbonyl (C=O) groups is 1. The Hall–Kier alpha value is -1.75. The first kappa shape index (κ1) is 18.6. The molecule has 1 atom stereocenters. The van der Waals surface area contributed by atoms with E-state index < -0.39 is 0 Å². The molecule has 3 N–H and O–H groups in total. The van der Waals surface area contributed by atoms with Crippen molar-refractivity contribution in [2.45, 2.75) is 51.0 Å². The Morgan fingerprint density at radius 1 is 1.17 bits per heavy atom. The standard InChI is InChI=1S/C19H30N2O3/c1-23-16-10-14(11-17(12-16)24-2)8-9-19(22)21-18(13-20)15-6-4-3-5-7-15/h10-12,15,18H,3-9,13,20H2,1-2H3,(H,21,22). The molecule has 0 radical (unpaired) electrons. The van der Waals surface area contributed by atoms with E-state index in [4.69, 9.17) is 15.2 Å². The van der Waals surface area contributed by atoms with Gasteiger partial charge >= 0.3 is 0 Å². The van der Waals surface area contributed by atoms with Crippen LogP contribution in [0.4, 0.5) is 0 Å². The Morgan fingerprint density at radius 3 is 2.33 bits per heavy atom. The fourth-order valence-electron chi connectivity index (χ4n) is 3.45. The van der Waals surface area contributed by atoms with Crippen LogP contribution in [0.5, 0.6) is 11.5 Å². The molecular weight excluding hydrogens is 304 g/mol. The van der Waals surface area contributed by atoms with Crippen molar-refractivity contribution in [3.8, 4) is 11.5 Å². The van der Waals surface area contributed by atoms with E-state index in [9.17, 15) is 4.79 Å². The molecule has 5 nitrogen and oxygen atoms in total. The van der Waals surface area contributed by atoms with Gasteiger partial charge in [0.1, 0.15) is 11.5 Å². The zero-order chi connectivity index (χ0) is 17.4. The molecule has 0 bridgehead atoms. The molecule has 0 heterocycles. The lowest BCUT2D eigenvalue weighted by Gasteiger charge is -2.30. The first-order chi connectivity index (χ1) is 11.7. The van der Waals surface area contributed by atoms with Crippen LogP contribution in [0.15, 0.2) is 18.2 Å². The first-order valence-corrected chi connectivity index (χ1v) is 8.87. The fourth-order valence-corrected chi connectivity index (χ4v) is 3.45. The summed E-state index contributed by atoms with van der Waals surface area (Å²) in [6.07, 6.45) is 7.26. The molecule has 0 saturated heterocycles. The van der Waals surface area contributed by atoms with Crippen LogP contribution < -0.4 is 20.5 Å². The third-order valence-electron chi connectivity index (χ3n) is 4.87. The maximum atomic E-state index is 12.3. The molecule has 0 aromatic heterocycles. The van der Waals surface area contributed by atoms with Gasteiger partial charge in [-0.05, 0) is 42.9 Å². The predicted octanol–water partition coefficient (Wildman–Crippen LogP) is 2.66. The molecule has 2 rings (SSSR count). The normalized spacial score (nSPS) is 16.5. The highest BCUT2D eigenvalue weighted by Crippen LogP contribution is 2.26. The molecule has 1 aliphatic carbocycles. The molecule has 1 saturated carbocycles. The lowest BCUT2D eigenvalue weighted by molar-refractivity contribution is -0.122. The van der Waals surface area contributed by atoms with Gasteiger partial charge in [-0.25, -0.2) is 0 Å². The number of methoxy groups -OCH3 is 2. The highest BCUT2D eigenvalue weighted by atomic mass is 16.5. The Balaban J connectivity index is 1.87. The Bertz CT molecular complexity index is 505. The van der Waals surface area contributed by atoms with E-state index in [0.29, 0.717) is 25.3 Å². The predicted molar refractivity (Wildman–Crippen MR) is 95.4 cm³/mol. The minimum Gasteiger partial charge on any atom is -0.497 e. The highest BCUT2D eigenvalue weighted by Gasteiger charge is 2.23. The number of aryl methyl sites for hydroxylation is 1. The molecule has 1 aromatic rings. The van der Waals surface area contributed by atoms with Gasteiger partial charge in [0.2, 0.25) is 5.91 Å². The molecule has 1 amide bonds. The maximum absolute atomic E-state index is 12.3. The second-order valence-corrected chi connectivity index (χ2v) is 6.53. The molecule has 1 fully saturated rings. The summed E-state index contributed by atoms with van der Waals surface area (Å²) in [6.45, 7) is 0.517. The number of amides is 1. The SMILES string of the molecule is COc1cc(CCC(=O)NC(CN)C2CCCCC2)cc(OC)c1. The lowest BCUT2D eigenvalue weighted by atomic mass is 9.84. The lowest BCUT2D eigenvalue weighted by Crippen LogP contribution is -2.45. The molecular formula is C19H30N2O3. The van der Waals surface area contributed by atoms with Gasteiger partial charge in [0.05, 0.1) is 14.2 Å². The minimum atomic E-state index is 0.0674. The van der Waals surface area contributed by atoms with Crippen molar-refractivity contribution in [3.63, 3.8) is 0 Å². The number of nitrogens with two attached hydrogens (primary N) is 1. The molecule has 1 aliphatic rings. The number of ether oxygens (including phenoxy) is 2. The summed E-state index contributed by atoms with van der Waals surface area (Å²) in [5.41, 5.74) is 6.92. The Kier molecular flexibility index (Phi) is 7.37. The van der Waals surface area contributed by atoms with Crippen LogP contribution in [-0.4, -0.2) is 32.7 Å². The van der Waals surface area contributed by atoms with Gasteiger partial charge in [-0.2, -0.15) is 0 Å². The van der Waals surface area contributed by atoms with Crippen molar-refractivity contribution in [1.29, 1.82) is 0 Å². The number of benzene rings is 1. The van der Waals surface area contributed by atoms with Crippen LogP contribution in [0.25, 0.3) is 0 Å². The fraction of sp³-hybridized carbons (Fsp3) is 0.632. The summed E-state index contributed by atoms with van der Waals surface area (Å²) in [4.78, 5) is 12.3. The molecule has 24 heavy (non-hydrogen) atoms. The van der Waals surface area contributed by atoms with E-state index in [-0.39, 0.29) is 11.9 Å². The van der Waals surface area contributed by atoms with Gasteiger partial charge in [-0.15, -0.1) is 0 Å². The third-order valence-corrected chi connectivity index (χ3v) is 4.87. The Labute approximate surface area is 144 Å². The molecule has 0 aliphatic heterocycles. The van der Waals surface area contributed by atoms with E-state index in [2.05, 4.69) is 5.32 Å². The van der Waals surface area contributed by atoms with Crippen molar-refractivity contribution >= 4 is 5.91 Å². The summed E-state index contributed by atoms with van der Waals surface area (Å²) in [5, 5.41) is 3.14. The Morgan fingerprint density at radius 2 is 1.79 bits per heavy atom. The molecule has 0 spiro atoms. The quantitative estimate of drug-likeness (QED) is 0.766. The summed E-state index contributed by atoms with van der Waals surface area (Å²) in [7, 11) is 3.25. The van der Waals surface area contributed by atoms with Crippen LogP contribution in [0.1, 0.15) is 44.1 Å². The number of hydrogen-bond acceptors (Lipinski definition) is 4. The van der Waals surface area contributed by atoms with E-state index >= 15 is 0 Å². The third kappa shape index (κ3) is 5.41. The van der Waals surface area contributed by atoms with E-state index in [0.717, 1.165) is 17.1 Å². The van der Waals surface area contributed by atoms with Gasteiger partial charge < -0.3 is 20.5 Å². The van der Waals surface area contributed by atoms with Crippen molar-refractivity contribution in [1.82, 2.24) is 5.32 Å². The number of nitrogens with one attached hydrogen (secondary N) is 1. The molecule has 134 valence electrons. The summed E-state index contributed by atoms with van der Waals surface area (Å²) >= 11 is 0. The van der Waals surface area contributed by atoms with Gasteiger partial charge in [-0.3, -0.25) is 4.79 Å². The molecule has 1 aromatic carbocycles. The summed E-state index contributed by atoms with van der Waals surface area (Å²) in [6, 6.07) is 5.82. The van der Waals surface area contributed by atoms with Crippen LogP contribution in [0.3, 0.4) is 0 Å². The van der Waals surface area contributed by atoms with E-state index in [1.165, 1.54) is 32.1 Å². The second-order valence-electron chi connectivity index (χ2n) is 6.53. The van der Waals surface area contributed by atoms with E-state index in [1.54, 1.807) is 14.2 Å². The van der Waals surface area contributed by atoms with Crippen LogP contribution in [0, 0.1) is 5.92 Å². The number of carbonyl (C=O) groups excluding carboxylic acids is 1. The topological polar surface area (TPSA) is 73.6 Å². The maximum Gasteiger partial charge on any atom is 0.220 e. The van der Waals surface area contributed by atoms with Gasteiger partial charge in [0.15, 0.2) is 0 Å². The zero-order valence-corrected chi connectivity index (χ0v) is 14.8. The number of rotatable bonds is 8. The summed E-state index contributed by atoms with van der Waals surface area (Å²) in [5.74, 6) is 2.08. The molecule has 1 unspecified atom stereocenters. The first-order valence-electron chi connectivity index (χ1n) is 8.87. The second kappa shape index (κ2) is 9.52. The van der Waals surface area contributed by atoms with E-state index in [1.807, 2.05) is 18.2 Å². The average molecular weight is 334 g/mol. The van der Waals surface area contributed by atoms with Crippen molar-refractivity contribution < 1.29 is 14.3 Å². The monoisotopic (exact) mass is 334 g/mol. The molecule has 5 heteroatoms. The van der Waals surface area contributed by atoms with Crippen LogP contribution in [-0.2, 0) is 11.2 Å². The largest absolute Gasteiger partial charge is 0.497 e. The van der Waals surface area contributed by atoms with Gasteiger partial charge in [0, 0.05) is 25.1 Å². The number of hydrogen-bond donors (Lipinski definition) is 2.